The first-order chi connectivity index (χ1) is 13.7. The molecule has 0 saturated heterocycles. The van der Waals surface area contributed by atoms with Crippen LogP contribution < -0.4 is 9.44 Å². The first-order valence-electron chi connectivity index (χ1n) is 8.13. The van der Waals surface area contributed by atoms with E-state index in [0.717, 1.165) is 18.2 Å². The highest BCUT2D eigenvalue weighted by molar-refractivity contribution is 7.93. The van der Waals surface area contributed by atoms with Gasteiger partial charge in [-0.15, -0.1) is 0 Å². The van der Waals surface area contributed by atoms with Crippen LogP contribution in [-0.4, -0.2) is 21.8 Å². The number of nitrogens with one attached hydrogen (secondary N) is 2. The summed E-state index contributed by atoms with van der Waals surface area (Å²) in [5.41, 5.74) is -0.833. The fraction of sp³-hybridized carbons (Fsp3) is 0. The number of benzene rings is 3. The van der Waals surface area contributed by atoms with Gasteiger partial charge in [0.15, 0.2) is 0 Å². The molecule has 0 amide bonds. The average molecular weight is 433 g/mol. The largest absolute Gasteiger partial charge is 0.277 e. The fourth-order valence-electron chi connectivity index (χ4n) is 2.43. The van der Waals surface area contributed by atoms with Crippen LogP contribution in [0.1, 0.15) is 0 Å². The van der Waals surface area contributed by atoms with Crippen molar-refractivity contribution in [3.63, 3.8) is 0 Å². The van der Waals surface area contributed by atoms with E-state index in [0.29, 0.717) is 0 Å². The molecule has 3 rings (SSSR count). The van der Waals surface area contributed by atoms with Crippen LogP contribution in [0.4, 0.5) is 17.1 Å². The van der Waals surface area contributed by atoms with Gasteiger partial charge >= 0.3 is 0 Å². The average Bonchev–Trinajstić information content (AvgIpc) is 2.70. The number of nitrogens with zero attached hydrogens (tertiary/aromatic N) is 1. The second kappa shape index (κ2) is 7.89. The molecule has 9 nitrogen and oxygen atoms in total. The highest BCUT2D eigenvalue weighted by Crippen LogP contribution is 2.31. The Kier molecular flexibility index (Phi) is 5.52. The maximum absolute atomic E-state index is 12.6. The molecule has 0 aliphatic carbocycles. The normalized spacial score (nSPS) is 11.6. The number of nitro groups is 1. The van der Waals surface area contributed by atoms with Gasteiger partial charge in [0.2, 0.25) is 0 Å². The molecule has 0 unspecified atom stereocenters. The summed E-state index contributed by atoms with van der Waals surface area (Å²) >= 11 is 0. The van der Waals surface area contributed by atoms with Crippen LogP contribution in [0.15, 0.2) is 88.7 Å². The third-order valence-corrected chi connectivity index (χ3v) is 6.57. The van der Waals surface area contributed by atoms with Crippen LogP contribution in [-0.2, 0) is 20.0 Å². The zero-order chi connectivity index (χ0) is 21.1. The quantitative estimate of drug-likeness (QED) is 0.434. The molecule has 0 fully saturated rings. The number of sulfonamides is 2. The van der Waals surface area contributed by atoms with Gasteiger partial charge in [-0.3, -0.25) is 19.6 Å². The Hall–Kier alpha value is -3.44. The fourth-order valence-corrected chi connectivity index (χ4v) is 4.62. The third-order valence-electron chi connectivity index (χ3n) is 3.81. The highest BCUT2D eigenvalue weighted by Gasteiger charge is 2.22. The molecule has 3 aromatic rings. The van der Waals surface area contributed by atoms with Crippen molar-refractivity contribution in [2.24, 2.45) is 0 Å². The van der Waals surface area contributed by atoms with Gasteiger partial charge in [0, 0.05) is 12.1 Å². The molecule has 2 N–H and O–H groups in total. The number of nitro benzene ring substituents is 1. The van der Waals surface area contributed by atoms with E-state index in [9.17, 15) is 26.9 Å². The summed E-state index contributed by atoms with van der Waals surface area (Å²) in [6.07, 6.45) is 0. The molecule has 0 radical (unpaired) electrons. The molecule has 11 heteroatoms. The van der Waals surface area contributed by atoms with Crippen molar-refractivity contribution in [2.75, 3.05) is 9.44 Å². The zero-order valence-electron chi connectivity index (χ0n) is 14.7. The topological polar surface area (TPSA) is 135 Å². The second-order valence-corrected chi connectivity index (χ2v) is 9.19. The predicted molar refractivity (Wildman–Crippen MR) is 108 cm³/mol. The van der Waals surface area contributed by atoms with Crippen molar-refractivity contribution in [2.45, 2.75) is 9.79 Å². The standard InChI is InChI=1S/C18H15N3O6S2/c22-21(23)14-11-12-17(19-28(24,25)15-7-3-1-4-8-15)18(13-14)20-29(26,27)16-9-5-2-6-10-16/h1-13,19-20H. The molecule has 0 aliphatic heterocycles. The Balaban J connectivity index is 2.03. The van der Waals surface area contributed by atoms with Crippen molar-refractivity contribution < 1.29 is 21.8 Å². The molecule has 3 aromatic carbocycles. The summed E-state index contributed by atoms with van der Waals surface area (Å²) in [6, 6.07) is 17.9. The van der Waals surface area contributed by atoms with Gasteiger partial charge in [-0.05, 0) is 30.3 Å². The molecule has 0 spiro atoms. The van der Waals surface area contributed by atoms with E-state index in [2.05, 4.69) is 9.44 Å². The molecule has 0 aromatic heterocycles. The van der Waals surface area contributed by atoms with Crippen molar-refractivity contribution >= 4 is 37.1 Å². The van der Waals surface area contributed by atoms with Crippen LogP contribution in [0.2, 0.25) is 0 Å². The Morgan fingerprint density at radius 2 is 1.10 bits per heavy atom. The monoisotopic (exact) mass is 433 g/mol. The molecular formula is C18H15N3O6S2. The first kappa shape index (κ1) is 20.3. The van der Waals surface area contributed by atoms with Crippen LogP contribution in [0.25, 0.3) is 0 Å². The van der Waals surface area contributed by atoms with E-state index in [-0.39, 0.29) is 21.2 Å². The number of anilines is 2. The van der Waals surface area contributed by atoms with Gasteiger partial charge in [0.1, 0.15) is 0 Å². The maximum atomic E-state index is 12.6. The number of rotatable bonds is 7. The zero-order valence-corrected chi connectivity index (χ0v) is 16.4. The summed E-state index contributed by atoms with van der Waals surface area (Å²) in [7, 11) is -8.15. The summed E-state index contributed by atoms with van der Waals surface area (Å²) < 4.78 is 54.9. The van der Waals surface area contributed by atoms with Gasteiger partial charge in [0.25, 0.3) is 25.7 Å². The van der Waals surface area contributed by atoms with Crippen LogP contribution >= 0.6 is 0 Å². The van der Waals surface area contributed by atoms with Gasteiger partial charge in [0.05, 0.1) is 26.1 Å². The lowest BCUT2D eigenvalue weighted by Crippen LogP contribution is -2.17. The maximum Gasteiger partial charge on any atom is 0.271 e. The lowest BCUT2D eigenvalue weighted by molar-refractivity contribution is -0.384. The Morgan fingerprint density at radius 3 is 1.55 bits per heavy atom. The van der Waals surface area contributed by atoms with E-state index >= 15 is 0 Å². The molecule has 150 valence electrons. The summed E-state index contributed by atoms with van der Waals surface area (Å²) in [6.45, 7) is 0. The number of hydrogen-bond acceptors (Lipinski definition) is 6. The minimum absolute atomic E-state index is 0.0461. The highest BCUT2D eigenvalue weighted by atomic mass is 32.2. The van der Waals surface area contributed by atoms with Gasteiger partial charge in [-0.25, -0.2) is 16.8 Å². The first-order valence-corrected chi connectivity index (χ1v) is 11.1. The third kappa shape index (κ3) is 4.70. The molecular weight excluding hydrogens is 418 g/mol. The van der Waals surface area contributed by atoms with Gasteiger partial charge < -0.3 is 0 Å². The van der Waals surface area contributed by atoms with Crippen LogP contribution in [0.5, 0.6) is 0 Å². The SMILES string of the molecule is O=[N+]([O-])c1ccc(NS(=O)(=O)c2ccccc2)c(NS(=O)(=O)c2ccccc2)c1. The molecule has 0 aliphatic rings. The Bertz CT molecular complexity index is 1250. The molecule has 29 heavy (non-hydrogen) atoms. The van der Waals surface area contributed by atoms with Crippen molar-refractivity contribution in [3.05, 3.63) is 89.0 Å². The lowest BCUT2D eigenvalue weighted by atomic mass is 10.2. The Morgan fingerprint density at radius 1 is 0.655 bits per heavy atom. The van der Waals surface area contributed by atoms with E-state index in [1.165, 1.54) is 48.5 Å². The summed E-state index contributed by atoms with van der Waals surface area (Å²) in [5, 5.41) is 11.1. The molecule has 0 heterocycles. The minimum atomic E-state index is -4.11. The summed E-state index contributed by atoms with van der Waals surface area (Å²) in [4.78, 5) is 10.3. The van der Waals surface area contributed by atoms with Gasteiger partial charge in [-0.1, -0.05) is 36.4 Å². The molecule has 0 bridgehead atoms. The smallest absolute Gasteiger partial charge is 0.271 e. The second-order valence-electron chi connectivity index (χ2n) is 5.82. The lowest BCUT2D eigenvalue weighted by Gasteiger charge is -2.14. The van der Waals surface area contributed by atoms with Crippen LogP contribution in [0, 0.1) is 10.1 Å². The molecule has 0 atom stereocenters. The number of non-ortho nitro benzene ring substituents is 1. The summed E-state index contributed by atoms with van der Waals surface area (Å²) in [5.74, 6) is 0. The van der Waals surface area contributed by atoms with E-state index < -0.39 is 30.7 Å². The predicted octanol–water partition coefficient (Wildman–Crippen LogP) is 3.20. The van der Waals surface area contributed by atoms with Crippen molar-refractivity contribution in [1.29, 1.82) is 0 Å². The van der Waals surface area contributed by atoms with E-state index in [4.69, 9.17) is 0 Å². The minimum Gasteiger partial charge on any atom is -0.277 e. The van der Waals surface area contributed by atoms with E-state index in [1.807, 2.05) is 0 Å². The van der Waals surface area contributed by atoms with Crippen molar-refractivity contribution in [1.82, 2.24) is 0 Å². The van der Waals surface area contributed by atoms with E-state index in [1.54, 1.807) is 12.1 Å². The van der Waals surface area contributed by atoms with Gasteiger partial charge in [-0.2, -0.15) is 0 Å². The van der Waals surface area contributed by atoms with Crippen molar-refractivity contribution in [3.8, 4) is 0 Å². The number of hydrogen-bond donors (Lipinski definition) is 2. The Labute approximate surface area is 167 Å². The molecule has 0 saturated carbocycles. The van der Waals surface area contributed by atoms with Crippen LogP contribution in [0.3, 0.4) is 0 Å².